The third-order valence-electron chi connectivity index (χ3n) is 5.76. The number of benzene rings is 1. The Hall–Kier alpha value is -3.18. The lowest BCUT2D eigenvalue weighted by molar-refractivity contribution is -0.154. The summed E-state index contributed by atoms with van der Waals surface area (Å²) in [5.41, 5.74) is 4.67. The normalized spacial score (nSPS) is 19.9. The van der Waals surface area contributed by atoms with Gasteiger partial charge in [-0.25, -0.2) is 9.59 Å². The molecule has 0 aliphatic heterocycles. The van der Waals surface area contributed by atoms with Crippen molar-refractivity contribution in [2.24, 2.45) is 11.7 Å². The Bertz CT molecular complexity index is 1000. The number of carbonyl (C=O) groups is 4. The predicted molar refractivity (Wildman–Crippen MR) is 138 cm³/mol. The number of hydrogen-bond donors (Lipinski definition) is 5. The highest BCUT2D eigenvalue weighted by molar-refractivity contribution is 5.93. The first-order chi connectivity index (χ1) is 17.1. The van der Waals surface area contributed by atoms with Gasteiger partial charge in [0, 0.05) is 38.1 Å². The number of carboxylic acids is 1. The summed E-state index contributed by atoms with van der Waals surface area (Å²) in [6.45, 7) is 10.9. The van der Waals surface area contributed by atoms with E-state index in [1.807, 2.05) is 19.9 Å². The van der Waals surface area contributed by atoms with Crippen LogP contribution in [0.5, 0.6) is 0 Å². The van der Waals surface area contributed by atoms with Crippen LogP contribution in [0.1, 0.15) is 59.1 Å². The average molecular weight is 521 g/mol. The Morgan fingerprint density at radius 1 is 1.19 bits per heavy atom. The molecule has 206 valence electrons. The standard InChI is InChI=1S/C26H40N4O7/c1-15(2)14-36-20-12-17-8-7-9-19(29-21(31)10-11-28-22(32)16(3)27)18(17)13-26(20,23(33)34)30-24(35)37-25(4,5)6/h7-9,15-16,20H,10-14,27H2,1-6H3,(H,28,32)(H,29,31)(H,30,35)(H,33,34)/t16?,20-,26-/m0/s1. The van der Waals surface area contributed by atoms with E-state index in [4.69, 9.17) is 15.2 Å². The number of ether oxygens (including phenoxy) is 2. The van der Waals surface area contributed by atoms with Crippen LogP contribution in [0.2, 0.25) is 0 Å². The van der Waals surface area contributed by atoms with Crippen molar-refractivity contribution in [3.8, 4) is 0 Å². The minimum atomic E-state index is -1.82. The molecule has 11 heteroatoms. The molecule has 0 saturated heterocycles. The Balaban J connectivity index is 2.35. The van der Waals surface area contributed by atoms with Gasteiger partial charge in [-0.3, -0.25) is 9.59 Å². The molecule has 1 aromatic rings. The summed E-state index contributed by atoms with van der Waals surface area (Å²) in [5.74, 6) is -1.85. The number of fused-ring (bicyclic) bond motifs is 1. The van der Waals surface area contributed by atoms with Crippen molar-refractivity contribution >= 4 is 29.6 Å². The zero-order valence-corrected chi connectivity index (χ0v) is 22.5. The molecule has 1 aromatic carbocycles. The van der Waals surface area contributed by atoms with Crippen molar-refractivity contribution < 1.29 is 33.8 Å². The van der Waals surface area contributed by atoms with E-state index in [1.54, 1.807) is 39.8 Å². The second kappa shape index (κ2) is 12.4. The van der Waals surface area contributed by atoms with E-state index >= 15 is 0 Å². The Kier molecular flexibility index (Phi) is 10.0. The zero-order valence-electron chi connectivity index (χ0n) is 22.5. The molecule has 1 unspecified atom stereocenters. The molecule has 0 saturated carbocycles. The number of hydrogen-bond acceptors (Lipinski definition) is 7. The van der Waals surface area contributed by atoms with Crippen LogP contribution in [0.4, 0.5) is 10.5 Å². The molecule has 2 rings (SSSR count). The quantitative estimate of drug-likeness (QED) is 0.312. The molecular weight excluding hydrogens is 480 g/mol. The topological polar surface area (TPSA) is 169 Å². The van der Waals surface area contributed by atoms with Gasteiger partial charge < -0.3 is 36.3 Å². The minimum absolute atomic E-state index is 0.00246. The highest BCUT2D eigenvalue weighted by atomic mass is 16.6. The summed E-state index contributed by atoms with van der Waals surface area (Å²) < 4.78 is 11.4. The molecule has 3 atom stereocenters. The molecule has 0 bridgehead atoms. The fourth-order valence-corrected chi connectivity index (χ4v) is 3.98. The van der Waals surface area contributed by atoms with Gasteiger partial charge in [0.15, 0.2) is 5.54 Å². The summed E-state index contributed by atoms with van der Waals surface area (Å²) in [6, 6.07) is 4.60. The molecule has 0 fully saturated rings. The zero-order chi connectivity index (χ0) is 28.0. The van der Waals surface area contributed by atoms with Gasteiger partial charge in [-0.15, -0.1) is 0 Å². The molecule has 37 heavy (non-hydrogen) atoms. The molecule has 1 aliphatic rings. The molecule has 0 spiro atoms. The van der Waals surface area contributed by atoms with Crippen LogP contribution in [-0.2, 0) is 36.7 Å². The van der Waals surface area contributed by atoms with Crippen LogP contribution in [0.25, 0.3) is 0 Å². The first kappa shape index (κ1) is 30.0. The third-order valence-corrected chi connectivity index (χ3v) is 5.76. The van der Waals surface area contributed by atoms with Crippen molar-refractivity contribution in [3.05, 3.63) is 29.3 Å². The molecule has 1 aliphatic carbocycles. The fourth-order valence-electron chi connectivity index (χ4n) is 3.98. The number of nitrogens with two attached hydrogens (primary N) is 1. The van der Waals surface area contributed by atoms with Crippen LogP contribution in [0.15, 0.2) is 18.2 Å². The van der Waals surface area contributed by atoms with Crippen LogP contribution in [-0.4, -0.2) is 65.4 Å². The molecule has 0 radical (unpaired) electrons. The number of carboxylic acid groups (broad SMARTS) is 1. The fraction of sp³-hybridized carbons (Fsp3) is 0.615. The number of amides is 3. The number of carbonyl (C=O) groups excluding carboxylic acids is 3. The molecule has 3 amide bonds. The Morgan fingerprint density at radius 2 is 1.86 bits per heavy atom. The van der Waals surface area contributed by atoms with Gasteiger partial charge in [-0.2, -0.15) is 0 Å². The lowest BCUT2D eigenvalue weighted by atomic mass is 9.74. The Morgan fingerprint density at radius 3 is 2.43 bits per heavy atom. The van der Waals surface area contributed by atoms with Gasteiger partial charge in [0.2, 0.25) is 11.8 Å². The van der Waals surface area contributed by atoms with Gasteiger partial charge in [-0.05, 0) is 50.8 Å². The van der Waals surface area contributed by atoms with Crippen LogP contribution in [0, 0.1) is 5.92 Å². The summed E-state index contributed by atoms with van der Waals surface area (Å²) >= 11 is 0. The maximum atomic E-state index is 12.8. The molecule has 6 N–H and O–H groups in total. The molecular formula is C26H40N4O7. The number of nitrogens with one attached hydrogen (secondary N) is 3. The minimum Gasteiger partial charge on any atom is -0.479 e. The van der Waals surface area contributed by atoms with E-state index in [-0.39, 0.29) is 43.5 Å². The lowest BCUT2D eigenvalue weighted by Gasteiger charge is -2.42. The average Bonchev–Trinajstić information content (AvgIpc) is 2.76. The van der Waals surface area contributed by atoms with E-state index < -0.39 is 35.3 Å². The van der Waals surface area contributed by atoms with Crippen LogP contribution in [0.3, 0.4) is 0 Å². The maximum absolute atomic E-state index is 12.8. The van der Waals surface area contributed by atoms with Gasteiger partial charge in [0.1, 0.15) is 5.60 Å². The van der Waals surface area contributed by atoms with Crippen LogP contribution < -0.4 is 21.7 Å². The molecule has 0 aromatic heterocycles. The van der Waals surface area contributed by atoms with E-state index in [9.17, 15) is 24.3 Å². The van der Waals surface area contributed by atoms with Crippen molar-refractivity contribution in [1.29, 1.82) is 0 Å². The Labute approximate surface area is 217 Å². The summed E-state index contributed by atoms with van der Waals surface area (Å²) in [4.78, 5) is 49.7. The summed E-state index contributed by atoms with van der Waals surface area (Å²) in [7, 11) is 0. The highest BCUT2D eigenvalue weighted by Gasteiger charge is 2.52. The SMILES string of the molecule is CC(C)CO[C@H]1Cc2cccc(NC(=O)CCNC(=O)C(C)N)c2C[C@@]1(NC(=O)OC(C)(C)C)C(=O)O. The van der Waals surface area contributed by atoms with Gasteiger partial charge in [0.25, 0.3) is 0 Å². The highest BCUT2D eigenvalue weighted by Crippen LogP contribution is 2.36. The van der Waals surface area contributed by atoms with E-state index in [2.05, 4.69) is 16.0 Å². The first-order valence-electron chi connectivity index (χ1n) is 12.4. The monoisotopic (exact) mass is 520 g/mol. The van der Waals surface area contributed by atoms with Gasteiger partial charge >= 0.3 is 12.1 Å². The third kappa shape index (κ3) is 8.43. The lowest BCUT2D eigenvalue weighted by Crippen LogP contribution is -2.66. The molecule has 11 nitrogen and oxygen atoms in total. The van der Waals surface area contributed by atoms with Crippen LogP contribution >= 0.6 is 0 Å². The summed E-state index contributed by atoms with van der Waals surface area (Å²) in [5, 5.41) is 18.4. The number of anilines is 1. The second-order valence-corrected chi connectivity index (χ2v) is 10.8. The largest absolute Gasteiger partial charge is 0.479 e. The number of alkyl carbamates (subject to hydrolysis) is 1. The van der Waals surface area contributed by atoms with Gasteiger partial charge in [0.05, 0.1) is 12.1 Å². The van der Waals surface area contributed by atoms with Crippen molar-refractivity contribution in [1.82, 2.24) is 10.6 Å². The first-order valence-corrected chi connectivity index (χ1v) is 12.4. The van der Waals surface area contributed by atoms with E-state index in [0.717, 1.165) is 5.56 Å². The number of rotatable bonds is 10. The van der Waals surface area contributed by atoms with Crippen molar-refractivity contribution in [2.45, 2.75) is 84.1 Å². The number of aliphatic carboxylic acids is 1. The predicted octanol–water partition coefficient (Wildman–Crippen LogP) is 1.97. The van der Waals surface area contributed by atoms with Crippen molar-refractivity contribution in [2.75, 3.05) is 18.5 Å². The summed E-state index contributed by atoms with van der Waals surface area (Å²) in [6.07, 6.45) is -1.66. The van der Waals surface area contributed by atoms with E-state index in [1.165, 1.54) is 0 Å². The van der Waals surface area contributed by atoms with Crippen molar-refractivity contribution in [3.63, 3.8) is 0 Å². The van der Waals surface area contributed by atoms with E-state index in [0.29, 0.717) is 17.9 Å². The smallest absolute Gasteiger partial charge is 0.408 e. The van der Waals surface area contributed by atoms with Gasteiger partial charge in [-0.1, -0.05) is 26.0 Å². The molecule has 0 heterocycles. The maximum Gasteiger partial charge on any atom is 0.408 e. The second-order valence-electron chi connectivity index (χ2n) is 10.8.